The molecule has 0 saturated carbocycles. The molecular weight excluding hydrogens is 494 g/mol. The van der Waals surface area contributed by atoms with Gasteiger partial charge in [0, 0.05) is 0 Å². The fourth-order valence-electron chi connectivity index (χ4n) is 5.33. The molecule has 0 aromatic carbocycles. The maximum absolute atomic E-state index is 10.5. The summed E-state index contributed by atoms with van der Waals surface area (Å²) in [4.78, 5) is 0. The van der Waals surface area contributed by atoms with Gasteiger partial charge in [-0.1, -0.05) is 154 Å². The molecule has 0 aliphatic carbocycles. The summed E-state index contributed by atoms with van der Waals surface area (Å²) in [5.74, 6) is 0. The Morgan fingerprint density at radius 2 is 0.950 bits per heavy atom. The third-order valence-corrected chi connectivity index (χ3v) is 8.14. The van der Waals surface area contributed by atoms with Crippen molar-refractivity contribution in [3.8, 4) is 0 Å². The van der Waals surface area contributed by atoms with E-state index in [0.29, 0.717) is 6.42 Å². The standard InChI is InChI=1S/C36H71NO3/c1-3-5-7-9-11-13-15-17-18-19-20-22-24-26-28-30-32-37-34(33-38)36(40)35(39)31-29-27-25-23-21-16-14-12-10-8-6-4-2/h11,13,17-18,34-40H,3-10,12,14-16,19-33H2,1-2H3/b13-11-,18-17-/t34-,35+,36-/m0/s1. The number of nitrogens with one attached hydrogen (secondary N) is 1. The van der Waals surface area contributed by atoms with E-state index < -0.39 is 18.2 Å². The lowest BCUT2D eigenvalue weighted by atomic mass is 9.99. The maximum atomic E-state index is 10.5. The number of hydrogen-bond donors (Lipinski definition) is 4. The van der Waals surface area contributed by atoms with Crippen molar-refractivity contribution < 1.29 is 15.3 Å². The minimum absolute atomic E-state index is 0.140. The zero-order valence-corrected chi connectivity index (χ0v) is 27.0. The van der Waals surface area contributed by atoms with Crippen molar-refractivity contribution in [2.45, 2.75) is 193 Å². The zero-order valence-electron chi connectivity index (χ0n) is 27.0. The first-order valence-corrected chi connectivity index (χ1v) is 17.7. The molecule has 3 atom stereocenters. The first-order chi connectivity index (χ1) is 19.7. The Hall–Kier alpha value is -0.680. The van der Waals surface area contributed by atoms with Crippen molar-refractivity contribution in [1.82, 2.24) is 5.32 Å². The van der Waals surface area contributed by atoms with E-state index in [2.05, 4.69) is 43.5 Å². The van der Waals surface area contributed by atoms with Crippen LogP contribution in [0.15, 0.2) is 24.3 Å². The second kappa shape index (κ2) is 32.8. The van der Waals surface area contributed by atoms with Crippen molar-refractivity contribution in [3.05, 3.63) is 24.3 Å². The highest BCUT2D eigenvalue weighted by Crippen LogP contribution is 2.15. The largest absolute Gasteiger partial charge is 0.395 e. The number of rotatable bonds is 32. The lowest BCUT2D eigenvalue weighted by molar-refractivity contribution is -0.0210. The second-order valence-electron chi connectivity index (χ2n) is 12.1. The molecule has 0 radical (unpaired) electrons. The first kappa shape index (κ1) is 39.3. The van der Waals surface area contributed by atoms with Gasteiger partial charge in [-0.2, -0.15) is 0 Å². The Bertz CT molecular complexity index is 536. The SMILES string of the molecule is CCCCC/C=C\C/C=C\CCCCCCCCN[C@@H](CO)[C@H](O)[C@H](O)CCCCCCCCCCCCCC. The quantitative estimate of drug-likeness (QED) is 0.0484. The minimum atomic E-state index is -0.901. The van der Waals surface area contributed by atoms with Crippen LogP contribution in [0.1, 0.15) is 174 Å². The van der Waals surface area contributed by atoms with E-state index in [0.717, 1.165) is 32.2 Å². The average molecular weight is 566 g/mol. The molecule has 4 heteroatoms. The predicted molar refractivity (Wildman–Crippen MR) is 176 cm³/mol. The van der Waals surface area contributed by atoms with Crippen LogP contribution >= 0.6 is 0 Å². The molecule has 40 heavy (non-hydrogen) atoms. The number of hydrogen-bond acceptors (Lipinski definition) is 4. The molecule has 0 rings (SSSR count). The van der Waals surface area contributed by atoms with Crippen LogP contribution in [0.3, 0.4) is 0 Å². The zero-order chi connectivity index (χ0) is 29.4. The van der Waals surface area contributed by atoms with Gasteiger partial charge in [-0.05, 0) is 51.5 Å². The molecule has 0 aromatic rings. The molecule has 4 N–H and O–H groups in total. The Morgan fingerprint density at radius 1 is 0.525 bits per heavy atom. The molecule has 0 aliphatic rings. The summed E-state index contributed by atoms with van der Waals surface area (Å²) in [6, 6.07) is -0.440. The highest BCUT2D eigenvalue weighted by atomic mass is 16.3. The van der Waals surface area contributed by atoms with Gasteiger partial charge in [-0.3, -0.25) is 0 Å². The van der Waals surface area contributed by atoms with Crippen molar-refractivity contribution in [2.75, 3.05) is 13.2 Å². The van der Waals surface area contributed by atoms with Gasteiger partial charge in [0.25, 0.3) is 0 Å². The van der Waals surface area contributed by atoms with Gasteiger partial charge in [0.2, 0.25) is 0 Å². The molecule has 0 heterocycles. The van der Waals surface area contributed by atoms with E-state index in [4.69, 9.17) is 0 Å². The fraction of sp³-hybridized carbons (Fsp3) is 0.889. The lowest BCUT2D eigenvalue weighted by Crippen LogP contribution is -2.48. The van der Waals surface area contributed by atoms with Crippen LogP contribution in [-0.4, -0.2) is 46.7 Å². The summed E-state index contributed by atoms with van der Waals surface area (Å²) in [6.07, 6.45) is 38.4. The van der Waals surface area contributed by atoms with Crippen molar-refractivity contribution in [2.24, 2.45) is 0 Å². The number of allylic oxidation sites excluding steroid dienone is 4. The Balaban J connectivity index is 3.60. The molecule has 0 bridgehead atoms. The van der Waals surface area contributed by atoms with Gasteiger partial charge in [-0.25, -0.2) is 0 Å². The molecule has 0 saturated heterocycles. The van der Waals surface area contributed by atoms with Crippen molar-refractivity contribution in [1.29, 1.82) is 0 Å². The highest BCUT2D eigenvalue weighted by molar-refractivity contribution is 4.92. The highest BCUT2D eigenvalue weighted by Gasteiger charge is 2.24. The van der Waals surface area contributed by atoms with E-state index in [-0.39, 0.29) is 6.61 Å². The van der Waals surface area contributed by atoms with Gasteiger partial charge in [0.1, 0.15) is 0 Å². The summed E-state index contributed by atoms with van der Waals surface area (Å²) in [5.41, 5.74) is 0. The molecule has 0 unspecified atom stereocenters. The Morgan fingerprint density at radius 3 is 1.48 bits per heavy atom. The van der Waals surface area contributed by atoms with Crippen molar-refractivity contribution in [3.63, 3.8) is 0 Å². The molecule has 0 spiro atoms. The van der Waals surface area contributed by atoms with E-state index in [9.17, 15) is 15.3 Å². The predicted octanol–water partition coefficient (Wildman–Crippen LogP) is 9.56. The molecule has 0 fully saturated rings. The lowest BCUT2D eigenvalue weighted by Gasteiger charge is -2.26. The van der Waals surface area contributed by atoms with Gasteiger partial charge < -0.3 is 20.6 Å². The van der Waals surface area contributed by atoms with E-state index in [1.165, 1.54) is 128 Å². The van der Waals surface area contributed by atoms with Crippen LogP contribution in [0.5, 0.6) is 0 Å². The molecular formula is C36H71NO3. The Kier molecular flexibility index (Phi) is 32.3. The normalized spacial score (nSPS) is 14.4. The van der Waals surface area contributed by atoms with Gasteiger partial charge in [-0.15, -0.1) is 0 Å². The smallest absolute Gasteiger partial charge is 0.0973 e. The number of unbranched alkanes of at least 4 members (excludes halogenated alkanes) is 20. The molecule has 0 amide bonds. The van der Waals surface area contributed by atoms with Crippen LogP contribution < -0.4 is 5.32 Å². The van der Waals surface area contributed by atoms with Gasteiger partial charge in [0.15, 0.2) is 0 Å². The van der Waals surface area contributed by atoms with Gasteiger partial charge in [0.05, 0.1) is 24.9 Å². The van der Waals surface area contributed by atoms with Crippen LogP contribution in [0, 0.1) is 0 Å². The third kappa shape index (κ3) is 27.5. The molecule has 0 aromatic heterocycles. The van der Waals surface area contributed by atoms with Crippen LogP contribution in [0.2, 0.25) is 0 Å². The fourth-order valence-corrected chi connectivity index (χ4v) is 5.33. The van der Waals surface area contributed by atoms with E-state index >= 15 is 0 Å². The molecule has 0 aliphatic heterocycles. The van der Waals surface area contributed by atoms with Crippen molar-refractivity contribution >= 4 is 0 Å². The maximum Gasteiger partial charge on any atom is 0.0973 e. The van der Waals surface area contributed by atoms with Gasteiger partial charge >= 0.3 is 0 Å². The number of aliphatic hydroxyl groups is 3. The first-order valence-electron chi connectivity index (χ1n) is 17.7. The monoisotopic (exact) mass is 566 g/mol. The minimum Gasteiger partial charge on any atom is -0.395 e. The second-order valence-corrected chi connectivity index (χ2v) is 12.1. The van der Waals surface area contributed by atoms with Crippen LogP contribution in [0.25, 0.3) is 0 Å². The van der Waals surface area contributed by atoms with Crippen LogP contribution in [-0.2, 0) is 0 Å². The summed E-state index contributed by atoms with van der Waals surface area (Å²) in [7, 11) is 0. The molecule has 238 valence electrons. The third-order valence-electron chi connectivity index (χ3n) is 8.14. The van der Waals surface area contributed by atoms with Crippen LogP contribution in [0.4, 0.5) is 0 Å². The average Bonchev–Trinajstić information content (AvgIpc) is 2.96. The summed E-state index contributed by atoms with van der Waals surface area (Å²) >= 11 is 0. The molecule has 4 nitrogen and oxygen atoms in total. The summed E-state index contributed by atoms with van der Waals surface area (Å²) in [6.45, 7) is 5.15. The van der Waals surface area contributed by atoms with E-state index in [1.54, 1.807) is 0 Å². The Labute approximate surface area is 250 Å². The topological polar surface area (TPSA) is 72.7 Å². The summed E-state index contributed by atoms with van der Waals surface area (Å²) in [5, 5.41) is 33.9. The van der Waals surface area contributed by atoms with E-state index in [1.807, 2.05) is 0 Å². The number of aliphatic hydroxyl groups excluding tert-OH is 3. The summed E-state index contributed by atoms with van der Waals surface area (Å²) < 4.78 is 0.